The van der Waals surface area contributed by atoms with Gasteiger partial charge >= 0.3 is 5.97 Å². The highest BCUT2D eigenvalue weighted by molar-refractivity contribution is 5.71. The molecule has 16 heavy (non-hydrogen) atoms. The van der Waals surface area contributed by atoms with Crippen molar-refractivity contribution < 1.29 is 9.53 Å². The van der Waals surface area contributed by atoms with Gasteiger partial charge in [-0.25, -0.2) is 0 Å². The molecule has 2 rings (SSSR count). The number of pyridine rings is 1. The first-order chi connectivity index (χ1) is 7.75. The zero-order valence-electron chi connectivity index (χ0n) is 8.88. The molecule has 80 valence electrons. The number of hydrogen-bond donors (Lipinski definition) is 0. The summed E-state index contributed by atoms with van der Waals surface area (Å²) in [6.45, 7) is 1.39. The Morgan fingerprint density at radius 3 is 2.69 bits per heavy atom. The van der Waals surface area contributed by atoms with E-state index in [1.807, 2.05) is 30.3 Å². The van der Waals surface area contributed by atoms with Crippen LogP contribution in [0.4, 0.5) is 0 Å². The Morgan fingerprint density at radius 2 is 2.00 bits per heavy atom. The highest BCUT2D eigenvalue weighted by atomic mass is 16.5. The van der Waals surface area contributed by atoms with E-state index in [-0.39, 0.29) is 5.97 Å². The van der Waals surface area contributed by atoms with Crippen molar-refractivity contribution in [3.63, 3.8) is 0 Å². The molecule has 3 heteroatoms. The van der Waals surface area contributed by atoms with Crippen LogP contribution >= 0.6 is 0 Å². The van der Waals surface area contributed by atoms with E-state index in [9.17, 15) is 4.79 Å². The van der Waals surface area contributed by atoms with Gasteiger partial charge in [-0.15, -0.1) is 0 Å². The lowest BCUT2D eigenvalue weighted by Gasteiger charge is -2.04. The summed E-state index contributed by atoms with van der Waals surface area (Å²) in [4.78, 5) is 14.9. The molecule has 0 saturated carbocycles. The minimum atomic E-state index is -0.316. The summed E-state index contributed by atoms with van der Waals surface area (Å²) >= 11 is 0. The quantitative estimate of drug-likeness (QED) is 0.568. The minimum absolute atomic E-state index is 0.316. The third-order valence-electron chi connectivity index (χ3n) is 2.09. The average molecular weight is 213 g/mol. The summed E-state index contributed by atoms with van der Waals surface area (Å²) in [6.07, 6.45) is 3.49. The molecule has 1 aromatic carbocycles. The molecule has 0 atom stereocenters. The van der Waals surface area contributed by atoms with Gasteiger partial charge in [0, 0.05) is 24.9 Å². The van der Waals surface area contributed by atoms with Crippen LogP contribution in [0.25, 0.3) is 11.1 Å². The van der Waals surface area contributed by atoms with Gasteiger partial charge in [-0.2, -0.15) is 0 Å². The molecule has 0 aliphatic heterocycles. The molecule has 3 nitrogen and oxygen atoms in total. The Labute approximate surface area is 93.7 Å². The van der Waals surface area contributed by atoms with Crippen molar-refractivity contribution in [2.24, 2.45) is 0 Å². The fourth-order valence-electron chi connectivity index (χ4n) is 1.44. The first-order valence-corrected chi connectivity index (χ1v) is 4.94. The number of ether oxygens (including phenoxy) is 1. The molecule has 0 bridgehead atoms. The summed E-state index contributed by atoms with van der Waals surface area (Å²) in [5, 5.41) is 0. The first kappa shape index (κ1) is 10.4. The van der Waals surface area contributed by atoms with Gasteiger partial charge in [0.15, 0.2) is 0 Å². The lowest BCUT2D eigenvalue weighted by Crippen LogP contribution is -2.01. The second kappa shape index (κ2) is 4.57. The lowest BCUT2D eigenvalue weighted by atomic mass is 10.1. The lowest BCUT2D eigenvalue weighted by molar-refractivity contribution is -0.131. The number of aromatic nitrogens is 1. The number of carbonyl (C=O) groups is 1. The van der Waals surface area contributed by atoms with Gasteiger partial charge in [-0.05, 0) is 23.8 Å². The summed E-state index contributed by atoms with van der Waals surface area (Å²) in [6, 6.07) is 11.2. The van der Waals surface area contributed by atoms with E-state index in [2.05, 4.69) is 4.98 Å². The van der Waals surface area contributed by atoms with Crippen molar-refractivity contribution in [1.82, 2.24) is 4.98 Å². The molecule has 0 amide bonds. The molecule has 0 saturated heterocycles. The van der Waals surface area contributed by atoms with Crippen LogP contribution in [0.5, 0.6) is 5.75 Å². The summed E-state index contributed by atoms with van der Waals surface area (Å²) in [5.41, 5.74) is 1.98. The van der Waals surface area contributed by atoms with Gasteiger partial charge in [-0.3, -0.25) is 9.78 Å². The molecular formula is C13H11NO2. The van der Waals surface area contributed by atoms with Gasteiger partial charge in [0.2, 0.25) is 0 Å². The zero-order chi connectivity index (χ0) is 11.4. The fourth-order valence-corrected chi connectivity index (χ4v) is 1.44. The molecule has 2 aromatic rings. The number of benzene rings is 1. The van der Waals surface area contributed by atoms with E-state index < -0.39 is 0 Å². The molecule has 1 aromatic heterocycles. The molecule has 0 aliphatic rings. The standard InChI is InChI=1S/C13H11NO2/c1-10(15)16-13-6-2-4-11(8-13)12-5-3-7-14-9-12/h2-9H,1H3. The van der Waals surface area contributed by atoms with E-state index in [1.54, 1.807) is 18.5 Å². The van der Waals surface area contributed by atoms with Crippen LogP contribution in [0.1, 0.15) is 6.92 Å². The smallest absolute Gasteiger partial charge is 0.308 e. The Hall–Kier alpha value is -2.16. The second-order valence-electron chi connectivity index (χ2n) is 3.36. The summed E-state index contributed by atoms with van der Waals surface area (Å²) < 4.78 is 5.02. The first-order valence-electron chi connectivity index (χ1n) is 4.94. The summed E-state index contributed by atoms with van der Waals surface area (Å²) in [5.74, 6) is 0.234. The molecular weight excluding hydrogens is 202 g/mol. The van der Waals surface area contributed by atoms with Crippen molar-refractivity contribution in [2.75, 3.05) is 0 Å². The Balaban J connectivity index is 2.33. The zero-order valence-corrected chi connectivity index (χ0v) is 8.88. The van der Waals surface area contributed by atoms with Crippen LogP contribution in [0.3, 0.4) is 0 Å². The maximum absolute atomic E-state index is 10.8. The van der Waals surface area contributed by atoms with Crippen molar-refractivity contribution in [1.29, 1.82) is 0 Å². The fraction of sp³-hybridized carbons (Fsp3) is 0.0769. The van der Waals surface area contributed by atoms with Crippen LogP contribution in [-0.2, 0) is 4.79 Å². The normalized spacial score (nSPS) is 9.81. The van der Waals surface area contributed by atoms with Crippen LogP contribution in [0.15, 0.2) is 48.8 Å². The van der Waals surface area contributed by atoms with Gasteiger partial charge < -0.3 is 4.74 Å². The molecule has 1 heterocycles. The van der Waals surface area contributed by atoms with Crippen LogP contribution in [-0.4, -0.2) is 11.0 Å². The molecule has 0 fully saturated rings. The third-order valence-corrected chi connectivity index (χ3v) is 2.09. The third kappa shape index (κ3) is 2.45. The average Bonchev–Trinajstić information content (AvgIpc) is 2.30. The molecule has 0 aliphatic carbocycles. The largest absolute Gasteiger partial charge is 0.427 e. The summed E-state index contributed by atoms with van der Waals surface area (Å²) in [7, 11) is 0. The number of hydrogen-bond acceptors (Lipinski definition) is 3. The topological polar surface area (TPSA) is 39.2 Å². The van der Waals surface area contributed by atoms with E-state index in [0.29, 0.717) is 5.75 Å². The molecule has 0 unspecified atom stereocenters. The minimum Gasteiger partial charge on any atom is -0.427 e. The highest BCUT2D eigenvalue weighted by Crippen LogP contribution is 2.22. The maximum atomic E-state index is 10.8. The van der Waals surface area contributed by atoms with E-state index in [0.717, 1.165) is 11.1 Å². The van der Waals surface area contributed by atoms with Crippen LogP contribution in [0.2, 0.25) is 0 Å². The predicted molar refractivity (Wildman–Crippen MR) is 61.0 cm³/mol. The Morgan fingerprint density at radius 1 is 1.19 bits per heavy atom. The monoisotopic (exact) mass is 213 g/mol. The number of rotatable bonds is 2. The van der Waals surface area contributed by atoms with Gasteiger partial charge in [0.25, 0.3) is 0 Å². The predicted octanol–water partition coefficient (Wildman–Crippen LogP) is 2.67. The van der Waals surface area contributed by atoms with Gasteiger partial charge in [0.1, 0.15) is 5.75 Å². The van der Waals surface area contributed by atoms with E-state index >= 15 is 0 Å². The Bertz CT molecular complexity index is 494. The van der Waals surface area contributed by atoms with Crippen molar-refractivity contribution in [2.45, 2.75) is 6.92 Å². The maximum Gasteiger partial charge on any atom is 0.308 e. The van der Waals surface area contributed by atoms with Crippen LogP contribution < -0.4 is 4.74 Å². The number of nitrogens with zero attached hydrogens (tertiary/aromatic N) is 1. The van der Waals surface area contributed by atoms with Crippen molar-refractivity contribution in [3.8, 4) is 16.9 Å². The highest BCUT2D eigenvalue weighted by Gasteiger charge is 2.01. The molecule has 0 radical (unpaired) electrons. The molecule has 0 N–H and O–H groups in total. The van der Waals surface area contributed by atoms with Gasteiger partial charge in [0.05, 0.1) is 0 Å². The Kier molecular flexibility index (Phi) is 2.96. The van der Waals surface area contributed by atoms with E-state index in [1.165, 1.54) is 6.92 Å². The van der Waals surface area contributed by atoms with Gasteiger partial charge in [-0.1, -0.05) is 18.2 Å². The van der Waals surface area contributed by atoms with Crippen molar-refractivity contribution in [3.05, 3.63) is 48.8 Å². The van der Waals surface area contributed by atoms with Crippen LogP contribution in [0, 0.1) is 0 Å². The molecule has 0 spiro atoms. The number of carbonyl (C=O) groups excluding carboxylic acids is 1. The van der Waals surface area contributed by atoms with Crippen molar-refractivity contribution >= 4 is 5.97 Å². The second-order valence-corrected chi connectivity index (χ2v) is 3.36. The van der Waals surface area contributed by atoms with E-state index in [4.69, 9.17) is 4.74 Å². The number of esters is 1. The SMILES string of the molecule is CC(=O)Oc1cccc(-c2cccnc2)c1.